The van der Waals surface area contributed by atoms with E-state index in [1.165, 1.54) is 7.11 Å². The van der Waals surface area contributed by atoms with Crippen molar-refractivity contribution in [1.82, 2.24) is 0 Å². The van der Waals surface area contributed by atoms with Gasteiger partial charge in [-0.3, -0.25) is 4.79 Å². The molecule has 0 spiro atoms. The van der Waals surface area contributed by atoms with Crippen molar-refractivity contribution >= 4 is 5.97 Å². The molecule has 0 saturated carbocycles. The van der Waals surface area contributed by atoms with Gasteiger partial charge in [0.2, 0.25) is 0 Å². The zero-order valence-corrected chi connectivity index (χ0v) is 10.4. The number of carbonyl (C=O) groups is 1. The Bertz CT molecular complexity index is 451. The van der Waals surface area contributed by atoms with E-state index in [-0.39, 0.29) is 13.2 Å². The number of carboxylic acids is 1. The van der Waals surface area contributed by atoms with Crippen molar-refractivity contribution in [3.05, 3.63) is 23.8 Å². The van der Waals surface area contributed by atoms with E-state index in [0.717, 1.165) is 0 Å². The lowest BCUT2D eigenvalue weighted by Gasteiger charge is -2.37. The molecule has 1 N–H and O–H groups in total. The highest BCUT2D eigenvalue weighted by molar-refractivity contribution is 5.83. The molecule has 1 aliphatic heterocycles. The lowest BCUT2D eigenvalue weighted by molar-refractivity contribution is -0.163. The molecule has 1 aliphatic rings. The molecule has 1 aromatic carbocycles. The molecule has 0 unspecified atom stereocenters. The van der Waals surface area contributed by atoms with E-state index in [0.29, 0.717) is 23.7 Å². The molecule has 0 atom stereocenters. The van der Waals surface area contributed by atoms with E-state index in [4.69, 9.17) is 14.2 Å². The number of hydrogen-bond acceptors (Lipinski definition) is 4. The molecular weight excluding hydrogens is 236 g/mol. The summed E-state index contributed by atoms with van der Waals surface area (Å²) in [5, 5.41) is 9.32. The zero-order chi connectivity index (χ0) is 13.2. The highest BCUT2D eigenvalue weighted by atomic mass is 16.5. The van der Waals surface area contributed by atoms with Crippen molar-refractivity contribution in [2.45, 2.75) is 12.3 Å². The molecular formula is C13H16O5. The topological polar surface area (TPSA) is 65.0 Å². The number of carboxylic acid groups (broad SMARTS) is 1. The lowest BCUT2D eigenvalue weighted by atomic mass is 9.78. The predicted molar refractivity (Wildman–Crippen MR) is 64.3 cm³/mol. The Balaban J connectivity index is 2.37. The quantitative estimate of drug-likeness (QED) is 0.859. The lowest BCUT2D eigenvalue weighted by Crippen LogP contribution is -2.53. The van der Waals surface area contributed by atoms with Crippen molar-refractivity contribution in [3.8, 4) is 11.5 Å². The SMILES string of the molecule is CCOc1ccc(C2(C(=O)O)COC2)cc1OC. The summed E-state index contributed by atoms with van der Waals surface area (Å²) in [6.07, 6.45) is 0. The maximum absolute atomic E-state index is 11.4. The normalized spacial score (nSPS) is 16.8. The highest BCUT2D eigenvalue weighted by Gasteiger charge is 2.48. The Morgan fingerprint density at radius 1 is 1.44 bits per heavy atom. The molecule has 0 amide bonds. The van der Waals surface area contributed by atoms with Crippen molar-refractivity contribution < 1.29 is 24.1 Å². The van der Waals surface area contributed by atoms with Crippen molar-refractivity contribution in [2.75, 3.05) is 26.9 Å². The van der Waals surface area contributed by atoms with Gasteiger partial charge in [-0.25, -0.2) is 0 Å². The summed E-state index contributed by atoms with van der Waals surface area (Å²) in [5.74, 6) is 0.284. The van der Waals surface area contributed by atoms with Crippen LogP contribution < -0.4 is 9.47 Å². The number of ether oxygens (including phenoxy) is 3. The highest BCUT2D eigenvalue weighted by Crippen LogP contribution is 2.37. The second-order valence-corrected chi connectivity index (χ2v) is 4.18. The molecule has 5 heteroatoms. The van der Waals surface area contributed by atoms with Crippen LogP contribution >= 0.6 is 0 Å². The average Bonchev–Trinajstić information content (AvgIpc) is 2.29. The van der Waals surface area contributed by atoms with Crippen LogP contribution in [0.2, 0.25) is 0 Å². The summed E-state index contributed by atoms with van der Waals surface area (Å²) >= 11 is 0. The predicted octanol–water partition coefficient (Wildman–Crippen LogP) is 1.45. The monoisotopic (exact) mass is 252 g/mol. The molecule has 1 heterocycles. The minimum Gasteiger partial charge on any atom is -0.493 e. The first-order valence-electron chi connectivity index (χ1n) is 5.76. The van der Waals surface area contributed by atoms with Gasteiger partial charge in [0, 0.05) is 0 Å². The average molecular weight is 252 g/mol. The first-order chi connectivity index (χ1) is 8.64. The molecule has 1 fully saturated rings. The van der Waals surface area contributed by atoms with Crippen LogP contribution in [0.25, 0.3) is 0 Å². The number of rotatable bonds is 5. The second kappa shape index (κ2) is 4.86. The third kappa shape index (κ3) is 1.90. The van der Waals surface area contributed by atoms with Crippen LogP contribution in [-0.4, -0.2) is 38.0 Å². The van der Waals surface area contributed by atoms with Gasteiger partial charge >= 0.3 is 5.97 Å². The van der Waals surface area contributed by atoms with Crippen LogP contribution in [0.4, 0.5) is 0 Å². The van der Waals surface area contributed by atoms with Gasteiger partial charge in [0.25, 0.3) is 0 Å². The van der Waals surface area contributed by atoms with Gasteiger partial charge in [-0.15, -0.1) is 0 Å². The Hall–Kier alpha value is -1.75. The van der Waals surface area contributed by atoms with E-state index in [9.17, 15) is 9.90 Å². The van der Waals surface area contributed by atoms with Gasteiger partial charge in [-0.2, -0.15) is 0 Å². The summed E-state index contributed by atoms with van der Waals surface area (Å²) in [7, 11) is 1.53. The summed E-state index contributed by atoms with van der Waals surface area (Å²) in [6.45, 7) is 2.80. The van der Waals surface area contributed by atoms with Gasteiger partial charge in [0.05, 0.1) is 26.9 Å². The van der Waals surface area contributed by atoms with Crippen LogP contribution in [-0.2, 0) is 14.9 Å². The number of methoxy groups -OCH3 is 1. The molecule has 1 aromatic rings. The fraction of sp³-hybridized carbons (Fsp3) is 0.462. The van der Waals surface area contributed by atoms with Crippen LogP contribution in [0, 0.1) is 0 Å². The Labute approximate surface area is 105 Å². The van der Waals surface area contributed by atoms with Crippen molar-refractivity contribution in [2.24, 2.45) is 0 Å². The molecule has 0 radical (unpaired) electrons. The third-order valence-corrected chi connectivity index (χ3v) is 3.12. The van der Waals surface area contributed by atoms with E-state index in [2.05, 4.69) is 0 Å². The molecule has 0 bridgehead atoms. The van der Waals surface area contributed by atoms with Gasteiger partial charge in [0.15, 0.2) is 11.5 Å². The van der Waals surface area contributed by atoms with Crippen LogP contribution in [0.5, 0.6) is 11.5 Å². The number of hydrogen-bond donors (Lipinski definition) is 1. The maximum atomic E-state index is 11.4. The van der Waals surface area contributed by atoms with Crippen LogP contribution in [0.3, 0.4) is 0 Å². The molecule has 0 aromatic heterocycles. The zero-order valence-electron chi connectivity index (χ0n) is 10.4. The van der Waals surface area contributed by atoms with Crippen molar-refractivity contribution in [3.63, 3.8) is 0 Å². The van der Waals surface area contributed by atoms with Gasteiger partial charge in [-0.05, 0) is 24.6 Å². The summed E-state index contributed by atoms with van der Waals surface area (Å²) in [4.78, 5) is 11.4. The fourth-order valence-electron chi connectivity index (χ4n) is 1.96. The minimum absolute atomic E-state index is 0.194. The number of aliphatic carboxylic acids is 1. The van der Waals surface area contributed by atoms with E-state index in [1.54, 1.807) is 18.2 Å². The first kappa shape index (κ1) is 12.7. The fourth-order valence-corrected chi connectivity index (χ4v) is 1.96. The summed E-state index contributed by atoms with van der Waals surface area (Å²) < 4.78 is 15.7. The first-order valence-corrected chi connectivity index (χ1v) is 5.76. The summed E-state index contributed by atoms with van der Waals surface area (Å²) in [5.41, 5.74) is -0.264. The van der Waals surface area contributed by atoms with E-state index < -0.39 is 11.4 Å². The van der Waals surface area contributed by atoms with Gasteiger partial charge in [-0.1, -0.05) is 6.07 Å². The summed E-state index contributed by atoms with van der Waals surface area (Å²) in [6, 6.07) is 5.20. The molecule has 0 aliphatic carbocycles. The van der Waals surface area contributed by atoms with E-state index >= 15 is 0 Å². The van der Waals surface area contributed by atoms with Crippen molar-refractivity contribution in [1.29, 1.82) is 0 Å². The van der Waals surface area contributed by atoms with E-state index in [1.807, 2.05) is 6.92 Å². The van der Waals surface area contributed by atoms with Crippen LogP contribution in [0.15, 0.2) is 18.2 Å². The van der Waals surface area contributed by atoms with Crippen LogP contribution in [0.1, 0.15) is 12.5 Å². The largest absolute Gasteiger partial charge is 0.493 e. The second-order valence-electron chi connectivity index (χ2n) is 4.18. The molecule has 1 saturated heterocycles. The minimum atomic E-state index is -0.946. The smallest absolute Gasteiger partial charge is 0.318 e. The Morgan fingerprint density at radius 2 is 2.17 bits per heavy atom. The Kier molecular flexibility index (Phi) is 3.43. The Morgan fingerprint density at radius 3 is 2.61 bits per heavy atom. The maximum Gasteiger partial charge on any atom is 0.318 e. The molecule has 18 heavy (non-hydrogen) atoms. The van der Waals surface area contributed by atoms with Gasteiger partial charge < -0.3 is 19.3 Å². The number of benzene rings is 1. The van der Waals surface area contributed by atoms with Gasteiger partial charge in [0.1, 0.15) is 5.41 Å². The third-order valence-electron chi connectivity index (χ3n) is 3.12. The molecule has 2 rings (SSSR count). The molecule has 98 valence electrons. The standard InChI is InChI=1S/C13H16O5/c1-3-18-10-5-4-9(6-11(10)16-2)13(12(14)15)7-17-8-13/h4-6H,3,7-8H2,1-2H3,(H,14,15). The molecule has 5 nitrogen and oxygen atoms in total.